The lowest BCUT2D eigenvalue weighted by molar-refractivity contribution is -0.125. The van der Waals surface area contributed by atoms with Gasteiger partial charge >= 0.3 is 5.69 Å². The third-order valence-corrected chi connectivity index (χ3v) is 5.27. The number of rotatable bonds is 4. The average molecular weight is 335 g/mol. The Kier molecular flexibility index (Phi) is 3.71. The smallest absolute Gasteiger partial charge is 0.329 e. The Labute approximate surface area is 145 Å². The quantitative estimate of drug-likeness (QED) is 0.796. The molecule has 3 aromatic rings. The maximum absolute atomic E-state index is 12.7. The molecule has 2 aromatic carbocycles. The van der Waals surface area contributed by atoms with Crippen LogP contribution in [0.1, 0.15) is 24.8 Å². The van der Waals surface area contributed by atoms with E-state index >= 15 is 0 Å². The van der Waals surface area contributed by atoms with Crippen molar-refractivity contribution in [2.45, 2.75) is 31.3 Å². The Morgan fingerprint density at radius 1 is 1.04 bits per heavy atom. The van der Waals surface area contributed by atoms with Crippen LogP contribution in [0.15, 0.2) is 59.4 Å². The predicted octanol–water partition coefficient (Wildman–Crippen LogP) is 2.54. The summed E-state index contributed by atoms with van der Waals surface area (Å²) in [6.45, 7) is 0.0365. The lowest BCUT2D eigenvalue weighted by Gasteiger charge is -2.43. The fourth-order valence-electron chi connectivity index (χ4n) is 3.74. The van der Waals surface area contributed by atoms with E-state index in [9.17, 15) is 9.59 Å². The van der Waals surface area contributed by atoms with Crippen LogP contribution < -0.4 is 11.0 Å². The number of fused-ring (bicyclic) bond motifs is 1. The van der Waals surface area contributed by atoms with Crippen LogP contribution in [0.25, 0.3) is 11.0 Å². The van der Waals surface area contributed by atoms with E-state index in [1.165, 1.54) is 0 Å². The minimum Gasteiger partial charge on any atom is -0.345 e. The molecule has 5 heteroatoms. The van der Waals surface area contributed by atoms with Crippen LogP contribution in [0.4, 0.5) is 0 Å². The summed E-state index contributed by atoms with van der Waals surface area (Å²) in [6, 6.07) is 17.6. The van der Waals surface area contributed by atoms with E-state index in [-0.39, 0.29) is 23.7 Å². The number of nitrogens with zero attached hydrogens (tertiary/aromatic N) is 2. The summed E-state index contributed by atoms with van der Waals surface area (Å²) in [5.41, 5.74) is 2.31. The van der Waals surface area contributed by atoms with Crippen LogP contribution in [0, 0.1) is 0 Å². The van der Waals surface area contributed by atoms with Gasteiger partial charge in [-0.2, -0.15) is 0 Å². The van der Waals surface area contributed by atoms with Crippen LogP contribution in [-0.2, 0) is 23.9 Å². The van der Waals surface area contributed by atoms with Gasteiger partial charge in [0.05, 0.1) is 16.6 Å². The number of hydrogen-bond acceptors (Lipinski definition) is 2. The van der Waals surface area contributed by atoms with Gasteiger partial charge in [0, 0.05) is 7.05 Å². The fourth-order valence-corrected chi connectivity index (χ4v) is 3.74. The molecule has 1 aromatic heterocycles. The first-order valence-corrected chi connectivity index (χ1v) is 8.61. The highest BCUT2D eigenvalue weighted by Crippen LogP contribution is 2.41. The van der Waals surface area contributed by atoms with Crippen LogP contribution in [0.5, 0.6) is 0 Å². The maximum atomic E-state index is 12.7. The van der Waals surface area contributed by atoms with Gasteiger partial charge in [0.2, 0.25) is 5.91 Å². The van der Waals surface area contributed by atoms with E-state index in [2.05, 4.69) is 17.4 Å². The molecule has 5 nitrogen and oxygen atoms in total. The topological polar surface area (TPSA) is 56.0 Å². The third kappa shape index (κ3) is 2.56. The Balaban J connectivity index is 1.61. The highest BCUT2D eigenvalue weighted by molar-refractivity contribution is 5.81. The minimum absolute atomic E-state index is 0.0365. The van der Waals surface area contributed by atoms with Crippen LogP contribution in [-0.4, -0.2) is 15.0 Å². The first kappa shape index (κ1) is 15.7. The number of carbonyl (C=O) groups excluding carboxylic acids is 1. The van der Waals surface area contributed by atoms with E-state index in [1.807, 2.05) is 42.5 Å². The van der Waals surface area contributed by atoms with E-state index in [0.717, 1.165) is 35.9 Å². The highest BCUT2D eigenvalue weighted by Gasteiger charge is 2.39. The van der Waals surface area contributed by atoms with Gasteiger partial charge in [-0.1, -0.05) is 42.5 Å². The fraction of sp³-hybridized carbons (Fsp3) is 0.300. The van der Waals surface area contributed by atoms with Gasteiger partial charge in [0.25, 0.3) is 0 Å². The molecule has 0 unspecified atom stereocenters. The van der Waals surface area contributed by atoms with Crippen molar-refractivity contribution >= 4 is 16.9 Å². The summed E-state index contributed by atoms with van der Waals surface area (Å²) in [5, 5.41) is 3.19. The van der Waals surface area contributed by atoms with Crippen LogP contribution >= 0.6 is 0 Å². The zero-order chi connectivity index (χ0) is 17.4. The molecule has 0 saturated heterocycles. The Bertz CT molecular complexity index is 981. The van der Waals surface area contributed by atoms with Gasteiger partial charge in [-0.25, -0.2) is 4.79 Å². The molecule has 1 fully saturated rings. The molecule has 1 aliphatic carbocycles. The number of hydrogen-bond donors (Lipinski definition) is 1. The van der Waals surface area contributed by atoms with Gasteiger partial charge in [-0.15, -0.1) is 0 Å². The second-order valence-electron chi connectivity index (χ2n) is 6.77. The normalized spacial score (nSPS) is 15.7. The minimum atomic E-state index is -0.285. The predicted molar refractivity (Wildman–Crippen MR) is 97.3 cm³/mol. The molecule has 0 bridgehead atoms. The number of amides is 1. The van der Waals surface area contributed by atoms with Crippen molar-refractivity contribution in [1.29, 1.82) is 0 Å². The van der Waals surface area contributed by atoms with Gasteiger partial charge < -0.3 is 5.32 Å². The monoisotopic (exact) mass is 335 g/mol. The molecular formula is C20H21N3O2. The van der Waals surface area contributed by atoms with Crippen molar-refractivity contribution in [3.8, 4) is 0 Å². The second kappa shape index (κ2) is 5.92. The standard InChI is InChI=1S/C20H21N3O2/c1-22-16-10-5-6-11-17(16)23(19(22)25)14-18(24)21-20(12-7-13-20)15-8-3-2-4-9-15/h2-6,8-11H,7,12-14H2,1H3,(H,21,24). The molecule has 128 valence electrons. The number of imidazole rings is 1. The summed E-state index contributed by atoms with van der Waals surface area (Å²) in [7, 11) is 1.73. The van der Waals surface area contributed by atoms with Gasteiger partial charge in [-0.05, 0) is 37.0 Å². The number of para-hydroxylation sites is 2. The molecule has 1 saturated carbocycles. The molecule has 0 spiro atoms. The molecule has 0 atom stereocenters. The summed E-state index contributed by atoms with van der Waals surface area (Å²) in [5.74, 6) is -0.123. The molecule has 1 aliphatic rings. The zero-order valence-electron chi connectivity index (χ0n) is 14.2. The number of nitrogens with one attached hydrogen (secondary N) is 1. The van der Waals surface area contributed by atoms with Crippen molar-refractivity contribution in [1.82, 2.24) is 14.5 Å². The largest absolute Gasteiger partial charge is 0.345 e. The lowest BCUT2D eigenvalue weighted by Crippen LogP contribution is -2.52. The van der Waals surface area contributed by atoms with Crippen LogP contribution in [0.2, 0.25) is 0 Å². The molecule has 1 heterocycles. The van der Waals surface area contributed by atoms with Crippen molar-refractivity contribution in [2.75, 3.05) is 0 Å². The zero-order valence-corrected chi connectivity index (χ0v) is 14.2. The summed E-state index contributed by atoms with van der Waals surface area (Å²) >= 11 is 0. The first-order valence-electron chi connectivity index (χ1n) is 8.61. The SMILES string of the molecule is Cn1c(=O)n(CC(=O)NC2(c3ccccc3)CCC2)c2ccccc21. The van der Waals surface area contributed by atoms with Gasteiger partial charge in [0.15, 0.2) is 0 Å². The summed E-state index contributed by atoms with van der Waals surface area (Å²) < 4.78 is 3.13. The van der Waals surface area contributed by atoms with Crippen LogP contribution in [0.3, 0.4) is 0 Å². The third-order valence-electron chi connectivity index (χ3n) is 5.27. The molecule has 0 aliphatic heterocycles. The molecular weight excluding hydrogens is 314 g/mol. The van der Waals surface area contributed by atoms with Crippen molar-refractivity contribution < 1.29 is 4.79 Å². The first-order chi connectivity index (χ1) is 12.1. The number of carbonyl (C=O) groups is 1. The van der Waals surface area contributed by atoms with Crippen molar-refractivity contribution in [3.63, 3.8) is 0 Å². The number of aryl methyl sites for hydroxylation is 1. The Morgan fingerprint density at radius 3 is 2.32 bits per heavy atom. The molecule has 1 amide bonds. The van der Waals surface area contributed by atoms with Gasteiger partial charge in [-0.3, -0.25) is 13.9 Å². The number of benzene rings is 2. The molecule has 0 radical (unpaired) electrons. The van der Waals surface area contributed by atoms with E-state index in [4.69, 9.17) is 0 Å². The van der Waals surface area contributed by atoms with Crippen molar-refractivity contribution in [3.05, 3.63) is 70.6 Å². The van der Waals surface area contributed by atoms with Gasteiger partial charge in [0.1, 0.15) is 6.54 Å². The lowest BCUT2D eigenvalue weighted by atomic mass is 9.72. The summed E-state index contributed by atoms with van der Waals surface area (Å²) in [4.78, 5) is 25.2. The van der Waals surface area contributed by atoms with E-state index in [0.29, 0.717) is 0 Å². The molecule has 1 N–H and O–H groups in total. The Morgan fingerprint density at radius 2 is 1.68 bits per heavy atom. The molecule has 4 rings (SSSR count). The molecule has 25 heavy (non-hydrogen) atoms. The second-order valence-corrected chi connectivity index (χ2v) is 6.77. The van der Waals surface area contributed by atoms with E-state index < -0.39 is 0 Å². The highest BCUT2D eigenvalue weighted by atomic mass is 16.2. The summed E-state index contributed by atoms with van der Waals surface area (Å²) in [6.07, 6.45) is 2.98. The average Bonchev–Trinajstić information content (AvgIpc) is 2.84. The van der Waals surface area contributed by atoms with E-state index in [1.54, 1.807) is 16.2 Å². The maximum Gasteiger partial charge on any atom is 0.329 e. The van der Waals surface area contributed by atoms with Crippen molar-refractivity contribution in [2.24, 2.45) is 7.05 Å². The Hall–Kier alpha value is -2.82. The number of aromatic nitrogens is 2.